The molecule has 0 atom stereocenters. The third-order valence-corrected chi connectivity index (χ3v) is 7.81. The summed E-state index contributed by atoms with van der Waals surface area (Å²) < 4.78 is 69.1. The summed E-state index contributed by atoms with van der Waals surface area (Å²) in [5, 5.41) is 7.14. The van der Waals surface area contributed by atoms with E-state index < -0.39 is 38.0 Å². The Morgan fingerprint density at radius 3 is 2.37 bits per heavy atom. The van der Waals surface area contributed by atoms with Gasteiger partial charge < -0.3 is 0 Å². The summed E-state index contributed by atoms with van der Waals surface area (Å²) in [6.07, 6.45) is -2.13. The second kappa shape index (κ2) is 9.25. The van der Waals surface area contributed by atoms with Crippen molar-refractivity contribution in [1.82, 2.24) is 19.2 Å². The largest absolute Gasteiger partial charge is 0.416 e. The zero-order valence-electron chi connectivity index (χ0n) is 20.3. The number of halogens is 3. The lowest BCUT2D eigenvalue weighted by Gasteiger charge is -2.15. The van der Waals surface area contributed by atoms with Crippen molar-refractivity contribution >= 4 is 15.5 Å². The highest BCUT2D eigenvalue weighted by atomic mass is 32.2. The Kier molecular flexibility index (Phi) is 6.18. The van der Waals surface area contributed by atoms with Gasteiger partial charge in [0.1, 0.15) is 0 Å². The fraction of sp³-hybridized carbons (Fsp3) is 0.148. The monoisotopic (exact) mass is 538 g/mol. The number of rotatable bonds is 5. The number of sulfone groups is 1. The van der Waals surface area contributed by atoms with Crippen LogP contribution in [0.15, 0.2) is 89.1 Å². The maximum atomic E-state index is 13.4. The zero-order chi connectivity index (χ0) is 27.2. The van der Waals surface area contributed by atoms with Gasteiger partial charge in [-0.1, -0.05) is 60.2 Å². The Morgan fingerprint density at radius 2 is 1.63 bits per heavy atom. The molecular weight excluding hydrogens is 517 g/mol. The molecule has 0 aliphatic rings. The van der Waals surface area contributed by atoms with E-state index in [0.29, 0.717) is 5.56 Å². The molecule has 38 heavy (non-hydrogen) atoms. The van der Waals surface area contributed by atoms with E-state index in [-0.39, 0.29) is 16.9 Å². The molecule has 0 saturated heterocycles. The molecule has 0 saturated carbocycles. The van der Waals surface area contributed by atoms with Gasteiger partial charge in [0.05, 0.1) is 17.0 Å². The quantitative estimate of drug-likeness (QED) is 0.309. The van der Waals surface area contributed by atoms with Crippen molar-refractivity contribution in [3.8, 4) is 16.8 Å². The minimum atomic E-state index is -4.60. The molecule has 0 spiro atoms. The van der Waals surface area contributed by atoms with Crippen molar-refractivity contribution < 1.29 is 21.6 Å². The van der Waals surface area contributed by atoms with Gasteiger partial charge >= 0.3 is 11.7 Å². The predicted molar refractivity (Wildman–Crippen MR) is 136 cm³/mol. The standard InChI is InChI=1S/C27H21F3N4O3S/c1-17-7-5-9-19(15-17)21-10-4-3-8-20(21)16-38(36,37)26-32-31-24-25(35)33(13-14-34(24)26)23-12-6-11-22(18(23)2)27(28,29)30/h3-15H,16H2,1-2H3. The highest BCUT2D eigenvalue weighted by molar-refractivity contribution is 7.90. The Balaban J connectivity index is 1.57. The zero-order valence-corrected chi connectivity index (χ0v) is 21.1. The third-order valence-electron chi connectivity index (χ3n) is 6.28. The SMILES string of the molecule is Cc1cccc(-c2ccccc2CS(=O)(=O)c2nnc3c(=O)n(-c4cccc(C(F)(F)F)c4C)ccn23)c1. The van der Waals surface area contributed by atoms with Crippen molar-refractivity contribution in [3.63, 3.8) is 0 Å². The highest BCUT2D eigenvalue weighted by Gasteiger charge is 2.33. The number of aromatic nitrogens is 4. The van der Waals surface area contributed by atoms with Gasteiger partial charge in [-0.3, -0.25) is 13.8 Å². The summed E-state index contributed by atoms with van der Waals surface area (Å²) in [4.78, 5) is 13.2. The van der Waals surface area contributed by atoms with Crippen LogP contribution in [-0.2, 0) is 21.8 Å². The first-order chi connectivity index (χ1) is 18.0. The van der Waals surface area contributed by atoms with Crippen molar-refractivity contribution in [2.75, 3.05) is 0 Å². The van der Waals surface area contributed by atoms with Gasteiger partial charge in [0.15, 0.2) is 0 Å². The maximum absolute atomic E-state index is 13.4. The molecule has 0 aliphatic heterocycles. The highest BCUT2D eigenvalue weighted by Crippen LogP contribution is 2.34. The second-order valence-corrected chi connectivity index (χ2v) is 10.8. The summed E-state index contributed by atoms with van der Waals surface area (Å²) >= 11 is 0. The van der Waals surface area contributed by atoms with Gasteiger partial charge in [-0.05, 0) is 48.2 Å². The van der Waals surface area contributed by atoms with Crippen molar-refractivity contribution in [2.24, 2.45) is 0 Å². The Morgan fingerprint density at radius 1 is 0.895 bits per heavy atom. The molecule has 0 bridgehead atoms. The van der Waals surface area contributed by atoms with Crippen LogP contribution in [0.4, 0.5) is 13.2 Å². The van der Waals surface area contributed by atoms with Crippen molar-refractivity contribution in [1.29, 1.82) is 0 Å². The van der Waals surface area contributed by atoms with Crippen molar-refractivity contribution in [3.05, 3.63) is 112 Å². The number of fused-ring (bicyclic) bond motifs is 1. The summed E-state index contributed by atoms with van der Waals surface area (Å²) in [6, 6.07) is 18.3. The normalized spacial score (nSPS) is 12.2. The Hall–Kier alpha value is -4.25. The lowest BCUT2D eigenvalue weighted by molar-refractivity contribution is -0.138. The van der Waals surface area contributed by atoms with Crippen LogP contribution in [0.3, 0.4) is 0 Å². The van der Waals surface area contributed by atoms with E-state index in [1.54, 1.807) is 12.1 Å². The molecule has 0 aliphatic carbocycles. The van der Waals surface area contributed by atoms with Gasteiger partial charge in [-0.25, -0.2) is 8.42 Å². The molecule has 194 valence electrons. The van der Waals surface area contributed by atoms with Crippen LogP contribution in [0.5, 0.6) is 0 Å². The molecule has 3 aromatic carbocycles. The molecule has 0 amide bonds. The third kappa shape index (κ3) is 4.49. The summed E-state index contributed by atoms with van der Waals surface area (Å²) in [7, 11) is -4.07. The minimum Gasteiger partial charge on any atom is -0.279 e. The van der Waals surface area contributed by atoms with Crippen LogP contribution < -0.4 is 5.56 Å². The summed E-state index contributed by atoms with van der Waals surface area (Å²) in [5.74, 6) is -0.395. The molecule has 2 aromatic heterocycles. The molecule has 11 heteroatoms. The molecular formula is C27H21F3N4O3S. The number of hydrogen-bond acceptors (Lipinski definition) is 5. The number of benzene rings is 3. The molecule has 2 heterocycles. The lowest BCUT2D eigenvalue weighted by Crippen LogP contribution is -2.22. The number of nitrogens with zero attached hydrogens (tertiary/aromatic N) is 4. The average molecular weight is 539 g/mol. The van der Waals surface area contributed by atoms with E-state index in [4.69, 9.17) is 0 Å². The van der Waals surface area contributed by atoms with Crippen LogP contribution in [-0.4, -0.2) is 27.6 Å². The van der Waals surface area contributed by atoms with E-state index >= 15 is 0 Å². The Bertz CT molecular complexity index is 1860. The lowest BCUT2D eigenvalue weighted by atomic mass is 9.99. The van der Waals surface area contributed by atoms with Crippen LogP contribution in [0.25, 0.3) is 22.5 Å². The van der Waals surface area contributed by atoms with E-state index in [1.165, 1.54) is 31.5 Å². The summed E-state index contributed by atoms with van der Waals surface area (Å²) in [6.45, 7) is 3.21. The topological polar surface area (TPSA) is 86.3 Å². The first-order valence-electron chi connectivity index (χ1n) is 11.5. The van der Waals surface area contributed by atoms with E-state index in [2.05, 4.69) is 10.2 Å². The smallest absolute Gasteiger partial charge is 0.279 e. The van der Waals surface area contributed by atoms with Crippen LogP contribution >= 0.6 is 0 Å². The average Bonchev–Trinajstić information content (AvgIpc) is 3.30. The number of hydrogen-bond donors (Lipinski definition) is 0. The molecule has 0 unspecified atom stereocenters. The van der Waals surface area contributed by atoms with E-state index in [1.807, 2.05) is 43.3 Å². The van der Waals surface area contributed by atoms with Crippen LogP contribution in [0.2, 0.25) is 0 Å². The first kappa shape index (κ1) is 25.4. The van der Waals surface area contributed by atoms with Gasteiger partial charge in [0.2, 0.25) is 15.5 Å². The molecule has 5 aromatic rings. The predicted octanol–water partition coefficient (Wildman–Crippen LogP) is 5.16. The first-order valence-corrected chi connectivity index (χ1v) is 13.1. The maximum Gasteiger partial charge on any atom is 0.416 e. The molecule has 0 N–H and O–H groups in total. The second-order valence-electron chi connectivity index (χ2n) is 8.88. The van der Waals surface area contributed by atoms with Crippen molar-refractivity contribution in [2.45, 2.75) is 30.9 Å². The van der Waals surface area contributed by atoms with E-state index in [9.17, 15) is 26.4 Å². The van der Waals surface area contributed by atoms with Gasteiger partial charge in [0, 0.05) is 12.4 Å². The fourth-order valence-electron chi connectivity index (χ4n) is 4.47. The molecule has 0 fully saturated rings. The Labute approximate surface area is 215 Å². The molecule has 7 nitrogen and oxygen atoms in total. The number of aryl methyl sites for hydroxylation is 1. The van der Waals surface area contributed by atoms with E-state index in [0.717, 1.165) is 31.7 Å². The van der Waals surface area contributed by atoms with Gasteiger partial charge in [-0.15, -0.1) is 10.2 Å². The summed E-state index contributed by atoms with van der Waals surface area (Å²) in [5.41, 5.74) is 1.03. The molecule has 0 radical (unpaired) electrons. The molecule has 5 rings (SSSR count). The van der Waals surface area contributed by atoms with Gasteiger partial charge in [-0.2, -0.15) is 13.2 Å². The van der Waals surface area contributed by atoms with Crippen LogP contribution in [0, 0.1) is 13.8 Å². The number of alkyl halides is 3. The fourth-order valence-corrected chi connectivity index (χ4v) is 5.87. The van der Waals surface area contributed by atoms with Gasteiger partial charge in [0.25, 0.3) is 5.16 Å². The minimum absolute atomic E-state index is 0.00631. The van der Waals surface area contributed by atoms with Crippen LogP contribution in [0.1, 0.15) is 22.3 Å².